The molecule has 1 fully saturated rings. The first-order chi connectivity index (χ1) is 9.33. The lowest BCUT2D eigenvalue weighted by molar-refractivity contribution is -0.384. The normalized spacial score (nSPS) is 20.6. The summed E-state index contributed by atoms with van der Waals surface area (Å²) in [5.41, 5.74) is 5.33. The first-order valence-corrected chi connectivity index (χ1v) is 6.66. The van der Waals surface area contributed by atoms with E-state index in [9.17, 15) is 14.9 Å². The Labute approximate surface area is 117 Å². The molecule has 1 atom stereocenters. The van der Waals surface area contributed by atoms with E-state index in [0.717, 1.165) is 19.3 Å². The molecular weight excluding hydrogens is 258 g/mol. The standard InChI is InChI=1S/C14H19N3O3/c1-14(2)8-4-7-11(14)16-13(18)9-5-3-6-10(15)12(9)17(19)20/h3,5-6,11H,4,7-8,15H2,1-2H3,(H,16,18). The lowest BCUT2D eigenvalue weighted by Gasteiger charge is -2.27. The first kappa shape index (κ1) is 14.3. The van der Waals surface area contributed by atoms with Gasteiger partial charge in [-0.2, -0.15) is 0 Å². The molecule has 0 aliphatic heterocycles. The van der Waals surface area contributed by atoms with E-state index in [2.05, 4.69) is 19.2 Å². The highest BCUT2D eigenvalue weighted by Crippen LogP contribution is 2.37. The molecule has 1 unspecified atom stereocenters. The number of anilines is 1. The van der Waals surface area contributed by atoms with Gasteiger partial charge in [-0.15, -0.1) is 0 Å². The summed E-state index contributed by atoms with van der Waals surface area (Å²) in [5, 5.41) is 14.0. The summed E-state index contributed by atoms with van der Waals surface area (Å²) in [6, 6.07) is 4.45. The largest absolute Gasteiger partial charge is 0.393 e. The van der Waals surface area contributed by atoms with Crippen molar-refractivity contribution in [1.29, 1.82) is 0 Å². The number of carbonyl (C=O) groups is 1. The number of hydrogen-bond acceptors (Lipinski definition) is 4. The van der Waals surface area contributed by atoms with Crippen molar-refractivity contribution in [3.05, 3.63) is 33.9 Å². The second-order valence-corrected chi connectivity index (χ2v) is 5.91. The van der Waals surface area contributed by atoms with Crippen molar-refractivity contribution in [2.75, 3.05) is 5.73 Å². The lowest BCUT2D eigenvalue weighted by Crippen LogP contribution is -2.41. The Bertz CT molecular complexity index is 555. The van der Waals surface area contributed by atoms with Gasteiger partial charge in [0.05, 0.1) is 4.92 Å². The van der Waals surface area contributed by atoms with Crippen molar-refractivity contribution in [1.82, 2.24) is 5.32 Å². The quantitative estimate of drug-likeness (QED) is 0.503. The number of amides is 1. The molecule has 3 N–H and O–H groups in total. The first-order valence-electron chi connectivity index (χ1n) is 6.66. The topological polar surface area (TPSA) is 98.3 Å². The zero-order valence-electron chi connectivity index (χ0n) is 11.7. The number of nitrogens with one attached hydrogen (secondary N) is 1. The number of benzene rings is 1. The van der Waals surface area contributed by atoms with Crippen molar-refractivity contribution in [3.63, 3.8) is 0 Å². The molecule has 0 aromatic heterocycles. The summed E-state index contributed by atoms with van der Waals surface area (Å²) < 4.78 is 0. The van der Waals surface area contributed by atoms with E-state index in [1.54, 1.807) is 6.07 Å². The van der Waals surface area contributed by atoms with Gasteiger partial charge in [0.2, 0.25) is 0 Å². The van der Waals surface area contributed by atoms with Crippen molar-refractivity contribution in [2.45, 2.75) is 39.2 Å². The summed E-state index contributed by atoms with van der Waals surface area (Å²) in [6.45, 7) is 4.19. The minimum absolute atomic E-state index is 0.00771. The van der Waals surface area contributed by atoms with Gasteiger partial charge < -0.3 is 11.1 Å². The van der Waals surface area contributed by atoms with E-state index in [4.69, 9.17) is 5.73 Å². The van der Waals surface area contributed by atoms with Crippen molar-refractivity contribution in [3.8, 4) is 0 Å². The van der Waals surface area contributed by atoms with E-state index in [1.807, 2.05) is 0 Å². The van der Waals surface area contributed by atoms with Crippen molar-refractivity contribution >= 4 is 17.3 Å². The van der Waals surface area contributed by atoms with Crippen LogP contribution < -0.4 is 11.1 Å². The number of carbonyl (C=O) groups excluding carboxylic acids is 1. The number of nitrogens with two attached hydrogens (primary N) is 1. The lowest BCUT2D eigenvalue weighted by atomic mass is 9.87. The highest BCUT2D eigenvalue weighted by molar-refractivity contribution is 6.00. The van der Waals surface area contributed by atoms with Crippen molar-refractivity contribution in [2.24, 2.45) is 5.41 Å². The average molecular weight is 277 g/mol. The summed E-state index contributed by atoms with van der Waals surface area (Å²) >= 11 is 0. The molecule has 1 aromatic rings. The highest BCUT2D eigenvalue weighted by Gasteiger charge is 2.36. The molecule has 108 valence electrons. The molecule has 2 rings (SSSR count). The zero-order valence-corrected chi connectivity index (χ0v) is 11.7. The molecule has 1 saturated carbocycles. The highest BCUT2D eigenvalue weighted by atomic mass is 16.6. The van der Waals surface area contributed by atoms with Crippen LogP contribution in [0, 0.1) is 15.5 Å². The maximum Gasteiger partial charge on any atom is 0.304 e. The second-order valence-electron chi connectivity index (χ2n) is 5.91. The third-order valence-electron chi connectivity index (χ3n) is 4.06. The monoisotopic (exact) mass is 277 g/mol. The van der Waals surface area contributed by atoms with Crippen LogP contribution in [0.5, 0.6) is 0 Å². The van der Waals surface area contributed by atoms with Gasteiger partial charge in [-0.1, -0.05) is 26.3 Å². The number of nitrogens with zero attached hydrogens (tertiary/aromatic N) is 1. The summed E-state index contributed by atoms with van der Waals surface area (Å²) in [6.07, 6.45) is 2.99. The maximum atomic E-state index is 12.3. The van der Waals surface area contributed by atoms with Gasteiger partial charge in [-0.05, 0) is 30.4 Å². The van der Waals surface area contributed by atoms with Crippen LogP contribution in [0.1, 0.15) is 43.5 Å². The van der Waals surface area contributed by atoms with Crippen LogP contribution in [0.3, 0.4) is 0 Å². The van der Waals surface area contributed by atoms with E-state index >= 15 is 0 Å². The Morgan fingerprint density at radius 3 is 2.75 bits per heavy atom. The second kappa shape index (κ2) is 5.11. The Morgan fingerprint density at radius 2 is 2.20 bits per heavy atom. The van der Waals surface area contributed by atoms with Crippen LogP contribution in [0.15, 0.2) is 18.2 Å². The van der Waals surface area contributed by atoms with E-state index in [0.29, 0.717) is 0 Å². The third kappa shape index (κ3) is 2.59. The summed E-state index contributed by atoms with van der Waals surface area (Å²) in [5.74, 6) is -0.427. The average Bonchev–Trinajstić information content (AvgIpc) is 2.67. The molecule has 1 aromatic carbocycles. The molecule has 0 heterocycles. The van der Waals surface area contributed by atoms with Gasteiger partial charge in [-0.3, -0.25) is 14.9 Å². The number of rotatable bonds is 3. The zero-order chi connectivity index (χ0) is 14.9. The molecule has 1 amide bonds. The van der Waals surface area contributed by atoms with Crippen molar-refractivity contribution < 1.29 is 9.72 Å². The fourth-order valence-corrected chi connectivity index (χ4v) is 2.78. The number of nitro groups is 1. The van der Waals surface area contributed by atoms with E-state index < -0.39 is 10.8 Å². The van der Waals surface area contributed by atoms with E-state index in [1.165, 1.54) is 12.1 Å². The van der Waals surface area contributed by atoms with Crippen LogP contribution >= 0.6 is 0 Å². The van der Waals surface area contributed by atoms with E-state index in [-0.39, 0.29) is 28.4 Å². The van der Waals surface area contributed by atoms with Gasteiger partial charge in [0, 0.05) is 6.04 Å². The molecule has 6 nitrogen and oxygen atoms in total. The van der Waals surface area contributed by atoms with Gasteiger partial charge in [-0.25, -0.2) is 0 Å². The van der Waals surface area contributed by atoms with Crippen LogP contribution in [-0.2, 0) is 0 Å². The maximum absolute atomic E-state index is 12.3. The van der Waals surface area contributed by atoms with Crippen LogP contribution in [-0.4, -0.2) is 16.9 Å². The third-order valence-corrected chi connectivity index (χ3v) is 4.06. The minimum Gasteiger partial charge on any atom is -0.393 e. The Hall–Kier alpha value is -2.11. The molecule has 20 heavy (non-hydrogen) atoms. The molecular formula is C14H19N3O3. The number of hydrogen-bond donors (Lipinski definition) is 2. The van der Waals surface area contributed by atoms with Crippen LogP contribution in [0.25, 0.3) is 0 Å². The Balaban J connectivity index is 2.26. The number of nitro benzene ring substituents is 1. The van der Waals surface area contributed by atoms with Gasteiger partial charge >= 0.3 is 5.69 Å². The van der Waals surface area contributed by atoms with Gasteiger partial charge in [0.25, 0.3) is 5.91 Å². The van der Waals surface area contributed by atoms with Gasteiger partial charge in [0.15, 0.2) is 0 Å². The SMILES string of the molecule is CC1(C)CCCC1NC(=O)c1cccc(N)c1[N+](=O)[O-]. The molecule has 0 saturated heterocycles. The van der Waals surface area contributed by atoms with Crippen LogP contribution in [0.4, 0.5) is 11.4 Å². The molecule has 1 aliphatic rings. The molecule has 0 spiro atoms. The van der Waals surface area contributed by atoms with Crippen LogP contribution in [0.2, 0.25) is 0 Å². The van der Waals surface area contributed by atoms with Gasteiger partial charge in [0.1, 0.15) is 11.3 Å². The smallest absolute Gasteiger partial charge is 0.304 e. The summed E-state index contributed by atoms with van der Waals surface area (Å²) in [4.78, 5) is 22.7. The molecule has 0 bridgehead atoms. The Kier molecular flexibility index (Phi) is 3.65. The summed E-state index contributed by atoms with van der Waals surface area (Å²) in [7, 11) is 0. The fourth-order valence-electron chi connectivity index (χ4n) is 2.78. The minimum atomic E-state index is -0.607. The molecule has 6 heteroatoms. The fraction of sp³-hybridized carbons (Fsp3) is 0.500. The predicted octanol–water partition coefficient (Wildman–Crippen LogP) is 2.49. The Morgan fingerprint density at radius 1 is 1.50 bits per heavy atom. The number of nitrogen functional groups attached to an aromatic ring is 1. The molecule has 0 radical (unpaired) electrons. The number of para-hydroxylation sites is 1. The predicted molar refractivity (Wildman–Crippen MR) is 76.4 cm³/mol. The molecule has 1 aliphatic carbocycles.